The van der Waals surface area contributed by atoms with Crippen molar-refractivity contribution in [3.8, 4) is 5.75 Å². The maximum absolute atomic E-state index is 14.1. The van der Waals surface area contributed by atoms with E-state index < -0.39 is 11.6 Å². The van der Waals surface area contributed by atoms with Gasteiger partial charge in [-0.2, -0.15) is 10.2 Å². The van der Waals surface area contributed by atoms with Crippen LogP contribution in [-0.2, 0) is 0 Å². The van der Waals surface area contributed by atoms with Gasteiger partial charge in [-0.05, 0) is 32.0 Å². The van der Waals surface area contributed by atoms with E-state index in [1.54, 1.807) is 26.0 Å². The predicted molar refractivity (Wildman–Crippen MR) is 67.9 cm³/mol. The van der Waals surface area contributed by atoms with Gasteiger partial charge in [0.05, 0.1) is 24.1 Å². The Morgan fingerprint density at radius 1 is 1.21 bits per heavy atom. The first-order valence-corrected chi connectivity index (χ1v) is 5.72. The number of hydrogen-bond donors (Lipinski definition) is 0. The lowest BCUT2D eigenvalue weighted by Crippen LogP contribution is -2.09. The molecular weight excluding hydrogens is 247 g/mol. The summed E-state index contributed by atoms with van der Waals surface area (Å²) in [6.07, 6.45) is 0. The molecule has 5 heteroatoms. The van der Waals surface area contributed by atoms with Gasteiger partial charge >= 0.3 is 0 Å². The standard InChI is InChI=1S/C14H13FN2O2/c1-8-7-11(9(2)17-16-8)14(18)10-5-4-6-12(19-3)13(10)15/h4-7H,1-3H3. The van der Waals surface area contributed by atoms with Crippen LogP contribution >= 0.6 is 0 Å². The van der Waals surface area contributed by atoms with Crippen LogP contribution in [0, 0.1) is 19.7 Å². The molecule has 0 aliphatic carbocycles. The number of ether oxygens (including phenoxy) is 1. The third-order valence-electron chi connectivity index (χ3n) is 2.77. The van der Waals surface area contributed by atoms with Crippen LogP contribution in [0.3, 0.4) is 0 Å². The second-order valence-electron chi connectivity index (χ2n) is 4.14. The number of nitrogens with zero attached hydrogens (tertiary/aromatic N) is 2. The smallest absolute Gasteiger partial charge is 0.198 e. The molecule has 19 heavy (non-hydrogen) atoms. The number of carbonyl (C=O) groups excluding carboxylic acids is 1. The molecule has 1 aromatic carbocycles. The Kier molecular flexibility index (Phi) is 3.55. The van der Waals surface area contributed by atoms with Gasteiger partial charge in [-0.15, -0.1) is 0 Å². The maximum atomic E-state index is 14.1. The van der Waals surface area contributed by atoms with E-state index in [-0.39, 0.29) is 11.3 Å². The van der Waals surface area contributed by atoms with Crippen LogP contribution in [-0.4, -0.2) is 23.1 Å². The molecule has 4 nitrogen and oxygen atoms in total. The van der Waals surface area contributed by atoms with Gasteiger partial charge in [0.25, 0.3) is 0 Å². The van der Waals surface area contributed by atoms with E-state index in [0.717, 1.165) is 0 Å². The van der Waals surface area contributed by atoms with Crippen molar-refractivity contribution in [1.29, 1.82) is 0 Å². The molecule has 98 valence electrons. The largest absolute Gasteiger partial charge is 0.494 e. The van der Waals surface area contributed by atoms with E-state index in [9.17, 15) is 9.18 Å². The SMILES string of the molecule is COc1cccc(C(=O)c2cc(C)nnc2C)c1F. The Morgan fingerprint density at radius 2 is 1.95 bits per heavy atom. The topological polar surface area (TPSA) is 52.1 Å². The van der Waals surface area contributed by atoms with Crippen molar-refractivity contribution in [1.82, 2.24) is 10.2 Å². The van der Waals surface area contributed by atoms with E-state index in [1.807, 2.05) is 0 Å². The van der Waals surface area contributed by atoms with Crippen molar-refractivity contribution >= 4 is 5.78 Å². The van der Waals surface area contributed by atoms with Crippen molar-refractivity contribution in [3.05, 3.63) is 52.6 Å². The lowest BCUT2D eigenvalue weighted by atomic mass is 10.0. The van der Waals surface area contributed by atoms with Crippen LogP contribution in [0.15, 0.2) is 24.3 Å². The number of benzene rings is 1. The molecule has 0 aliphatic rings. The Labute approximate surface area is 110 Å². The molecule has 0 saturated carbocycles. The van der Waals surface area contributed by atoms with E-state index in [1.165, 1.54) is 19.2 Å². The van der Waals surface area contributed by atoms with E-state index in [4.69, 9.17) is 4.74 Å². The van der Waals surface area contributed by atoms with Gasteiger partial charge < -0.3 is 4.74 Å². The minimum absolute atomic E-state index is 0.0325. The molecule has 2 rings (SSSR count). The highest BCUT2D eigenvalue weighted by Crippen LogP contribution is 2.23. The summed E-state index contributed by atoms with van der Waals surface area (Å²) in [7, 11) is 1.36. The van der Waals surface area contributed by atoms with Crippen molar-refractivity contribution in [2.24, 2.45) is 0 Å². The molecule has 0 bridgehead atoms. The Morgan fingerprint density at radius 3 is 2.63 bits per heavy atom. The molecular formula is C14H13FN2O2. The molecule has 0 unspecified atom stereocenters. The first-order chi connectivity index (χ1) is 9.04. The third kappa shape index (κ3) is 2.45. The minimum Gasteiger partial charge on any atom is -0.494 e. The van der Waals surface area contributed by atoms with Gasteiger partial charge in [0.1, 0.15) is 0 Å². The number of halogens is 1. The number of rotatable bonds is 3. The summed E-state index contributed by atoms with van der Waals surface area (Å²) in [5, 5.41) is 7.72. The van der Waals surface area contributed by atoms with Crippen LogP contribution in [0.2, 0.25) is 0 Å². The predicted octanol–water partition coefficient (Wildman–Crippen LogP) is 2.47. The lowest BCUT2D eigenvalue weighted by Gasteiger charge is -2.08. The van der Waals surface area contributed by atoms with Gasteiger partial charge in [0.2, 0.25) is 0 Å². The van der Waals surface area contributed by atoms with Gasteiger partial charge in [-0.1, -0.05) is 6.07 Å². The molecule has 0 saturated heterocycles. The molecule has 2 aromatic rings. The minimum atomic E-state index is -0.663. The van der Waals surface area contributed by atoms with Gasteiger partial charge in [0, 0.05) is 5.56 Å². The zero-order chi connectivity index (χ0) is 14.0. The highest BCUT2D eigenvalue weighted by atomic mass is 19.1. The number of carbonyl (C=O) groups is 1. The van der Waals surface area contributed by atoms with E-state index in [0.29, 0.717) is 17.0 Å². The fourth-order valence-electron chi connectivity index (χ4n) is 1.77. The molecule has 0 fully saturated rings. The van der Waals surface area contributed by atoms with Crippen LogP contribution in [0.25, 0.3) is 0 Å². The third-order valence-corrected chi connectivity index (χ3v) is 2.77. The Balaban J connectivity index is 2.53. The zero-order valence-corrected chi connectivity index (χ0v) is 10.9. The average Bonchev–Trinajstić information content (AvgIpc) is 2.41. The first kappa shape index (κ1) is 13.1. The van der Waals surface area contributed by atoms with Crippen molar-refractivity contribution in [2.75, 3.05) is 7.11 Å². The van der Waals surface area contributed by atoms with E-state index in [2.05, 4.69) is 10.2 Å². The molecule has 1 heterocycles. The number of aryl methyl sites for hydroxylation is 2. The molecule has 0 radical (unpaired) electrons. The summed E-state index contributed by atoms with van der Waals surface area (Å²) >= 11 is 0. The normalized spacial score (nSPS) is 10.3. The molecule has 0 atom stereocenters. The second kappa shape index (κ2) is 5.14. The first-order valence-electron chi connectivity index (χ1n) is 5.72. The van der Waals surface area contributed by atoms with Crippen LogP contribution in [0.4, 0.5) is 4.39 Å². The van der Waals surface area contributed by atoms with Gasteiger partial charge in [-0.3, -0.25) is 4.79 Å². The average molecular weight is 260 g/mol. The molecule has 0 spiro atoms. The number of hydrogen-bond acceptors (Lipinski definition) is 4. The summed E-state index contributed by atoms with van der Waals surface area (Å²) in [6.45, 7) is 3.39. The lowest BCUT2D eigenvalue weighted by molar-refractivity contribution is 0.103. The summed E-state index contributed by atoms with van der Waals surface area (Å²) < 4.78 is 18.9. The number of aromatic nitrogens is 2. The quantitative estimate of drug-likeness (QED) is 0.795. The zero-order valence-electron chi connectivity index (χ0n) is 10.9. The van der Waals surface area contributed by atoms with Crippen LogP contribution in [0.1, 0.15) is 27.3 Å². The van der Waals surface area contributed by atoms with E-state index >= 15 is 0 Å². The summed E-state index contributed by atoms with van der Waals surface area (Å²) in [5.41, 5.74) is 1.39. The summed E-state index contributed by atoms with van der Waals surface area (Å²) in [6, 6.07) is 6.07. The van der Waals surface area contributed by atoms with Crippen LogP contribution < -0.4 is 4.74 Å². The number of ketones is 1. The molecule has 0 aliphatic heterocycles. The highest BCUT2D eigenvalue weighted by molar-refractivity contribution is 6.10. The highest BCUT2D eigenvalue weighted by Gasteiger charge is 2.19. The van der Waals surface area contributed by atoms with Crippen molar-refractivity contribution in [2.45, 2.75) is 13.8 Å². The second-order valence-corrected chi connectivity index (χ2v) is 4.14. The molecule has 1 aromatic heterocycles. The van der Waals surface area contributed by atoms with Crippen LogP contribution in [0.5, 0.6) is 5.75 Å². The van der Waals surface area contributed by atoms with Gasteiger partial charge in [-0.25, -0.2) is 4.39 Å². The number of methoxy groups -OCH3 is 1. The molecule has 0 N–H and O–H groups in total. The van der Waals surface area contributed by atoms with Crippen molar-refractivity contribution < 1.29 is 13.9 Å². The summed E-state index contributed by atoms with van der Waals surface area (Å²) in [4.78, 5) is 12.3. The monoisotopic (exact) mass is 260 g/mol. The van der Waals surface area contributed by atoms with Crippen molar-refractivity contribution in [3.63, 3.8) is 0 Å². The fraction of sp³-hybridized carbons (Fsp3) is 0.214. The molecule has 0 amide bonds. The summed E-state index contributed by atoms with van der Waals surface area (Å²) in [5.74, 6) is -1.04. The van der Waals surface area contributed by atoms with Gasteiger partial charge in [0.15, 0.2) is 17.3 Å². The fourth-order valence-corrected chi connectivity index (χ4v) is 1.77. The Bertz CT molecular complexity index is 641. The Hall–Kier alpha value is -2.30. The maximum Gasteiger partial charge on any atom is 0.198 e.